The van der Waals surface area contributed by atoms with Crippen LogP contribution in [-0.2, 0) is 16.1 Å². The molecule has 2 heterocycles. The van der Waals surface area contributed by atoms with Gasteiger partial charge in [0.2, 0.25) is 11.8 Å². The Morgan fingerprint density at radius 2 is 2.04 bits per heavy atom. The molecule has 0 atom stereocenters. The fraction of sp³-hybridized carbons (Fsp3) is 0.200. The summed E-state index contributed by atoms with van der Waals surface area (Å²) in [7, 11) is 0. The van der Waals surface area contributed by atoms with Gasteiger partial charge < -0.3 is 10.6 Å². The SMILES string of the molecule is O=C(CCn1nnc2ccccc2c1=O)NCC(=O)Nc1cn[nH]c1. The number of fused-ring (bicyclic) bond motifs is 1. The molecule has 2 amide bonds. The average molecular weight is 341 g/mol. The number of rotatable bonds is 6. The van der Waals surface area contributed by atoms with Crippen molar-refractivity contribution in [3.05, 3.63) is 47.0 Å². The molecule has 25 heavy (non-hydrogen) atoms. The number of aryl methyl sites for hydroxylation is 1. The van der Waals surface area contributed by atoms with Crippen LogP contribution in [0.2, 0.25) is 0 Å². The number of nitrogens with one attached hydrogen (secondary N) is 3. The van der Waals surface area contributed by atoms with Crippen LogP contribution in [0.3, 0.4) is 0 Å². The van der Waals surface area contributed by atoms with Gasteiger partial charge in [-0.05, 0) is 12.1 Å². The molecule has 3 N–H and O–H groups in total. The predicted octanol–water partition coefficient (Wildman–Crippen LogP) is -0.340. The Morgan fingerprint density at radius 1 is 1.20 bits per heavy atom. The van der Waals surface area contributed by atoms with Crippen LogP contribution in [0.5, 0.6) is 0 Å². The van der Waals surface area contributed by atoms with Gasteiger partial charge >= 0.3 is 0 Å². The van der Waals surface area contributed by atoms with Gasteiger partial charge in [-0.3, -0.25) is 19.5 Å². The monoisotopic (exact) mass is 341 g/mol. The van der Waals surface area contributed by atoms with Crippen molar-refractivity contribution in [1.29, 1.82) is 0 Å². The molecule has 0 unspecified atom stereocenters. The fourth-order valence-electron chi connectivity index (χ4n) is 2.17. The molecule has 0 aliphatic carbocycles. The molecule has 3 rings (SSSR count). The lowest BCUT2D eigenvalue weighted by atomic mass is 10.2. The molecular weight excluding hydrogens is 326 g/mol. The number of aromatic nitrogens is 5. The van der Waals surface area contributed by atoms with Crippen LogP contribution in [0, 0.1) is 0 Å². The summed E-state index contributed by atoms with van der Waals surface area (Å²) >= 11 is 0. The molecule has 1 aromatic carbocycles. The summed E-state index contributed by atoms with van der Waals surface area (Å²) in [5.74, 6) is -0.749. The minimum Gasteiger partial charge on any atom is -0.347 e. The van der Waals surface area contributed by atoms with Crippen molar-refractivity contribution in [3.8, 4) is 0 Å². The number of carbonyl (C=O) groups excluding carboxylic acids is 2. The molecule has 0 saturated carbocycles. The Balaban J connectivity index is 1.51. The van der Waals surface area contributed by atoms with E-state index >= 15 is 0 Å². The summed E-state index contributed by atoms with van der Waals surface area (Å²) in [6.45, 7) is -0.103. The molecule has 3 aromatic rings. The molecule has 10 heteroatoms. The highest BCUT2D eigenvalue weighted by Crippen LogP contribution is 2.03. The first-order valence-electron chi connectivity index (χ1n) is 7.51. The zero-order valence-electron chi connectivity index (χ0n) is 13.1. The van der Waals surface area contributed by atoms with Crippen LogP contribution >= 0.6 is 0 Å². The van der Waals surface area contributed by atoms with Gasteiger partial charge in [-0.15, -0.1) is 5.10 Å². The fourth-order valence-corrected chi connectivity index (χ4v) is 2.17. The van der Waals surface area contributed by atoms with Crippen molar-refractivity contribution in [2.45, 2.75) is 13.0 Å². The zero-order chi connectivity index (χ0) is 17.6. The lowest BCUT2D eigenvalue weighted by Gasteiger charge is -2.06. The van der Waals surface area contributed by atoms with Gasteiger partial charge in [-0.25, -0.2) is 4.68 Å². The summed E-state index contributed by atoms with van der Waals surface area (Å²) in [5.41, 5.74) is 0.706. The smallest absolute Gasteiger partial charge is 0.277 e. The number of anilines is 1. The highest BCUT2D eigenvalue weighted by Gasteiger charge is 2.09. The third kappa shape index (κ3) is 4.05. The van der Waals surface area contributed by atoms with Gasteiger partial charge in [0.1, 0.15) is 5.52 Å². The highest BCUT2D eigenvalue weighted by molar-refractivity contribution is 5.94. The van der Waals surface area contributed by atoms with E-state index in [1.54, 1.807) is 24.3 Å². The second-order valence-corrected chi connectivity index (χ2v) is 5.20. The first-order valence-corrected chi connectivity index (χ1v) is 7.51. The summed E-state index contributed by atoms with van der Waals surface area (Å²) in [4.78, 5) is 35.7. The Morgan fingerprint density at radius 3 is 2.84 bits per heavy atom. The molecular formula is C15H15N7O3. The van der Waals surface area contributed by atoms with E-state index in [0.29, 0.717) is 16.6 Å². The van der Waals surface area contributed by atoms with E-state index in [1.165, 1.54) is 12.4 Å². The van der Waals surface area contributed by atoms with Crippen LogP contribution < -0.4 is 16.2 Å². The van der Waals surface area contributed by atoms with E-state index in [4.69, 9.17) is 0 Å². The number of carbonyl (C=O) groups is 2. The molecule has 0 aliphatic rings. The van der Waals surface area contributed by atoms with E-state index in [0.717, 1.165) is 4.68 Å². The number of nitrogens with zero attached hydrogens (tertiary/aromatic N) is 4. The number of aromatic amines is 1. The lowest BCUT2D eigenvalue weighted by Crippen LogP contribution is -2.34. The first-order chi connectivity index (χ1) is 12.1. The van der Waals surface area contributed by atoms with Crippen molar-refractivity contribution < 1.29 is 9.59 Å². The minimum absolute atomic E-state index is 0.00587. The van der Waals surface area contributed by atoms with E-state index in [1.807, 2.05) is 0 Å². The maximum absolute atomic E-state index is 12.2. The lowest BCUT2D eigenvalue weighted by molar-refractivity contribution is -0.124. The van der Waals surface area contributed by atoms with Crippen molar-refractivity contribution in [3.63, 3.8) is 0 Å². The van der Waals surface area contributed by atoms with E-state index in [2.05, 4.69) is 31.1 Å². The molecule has 0 fully saturated rings. The summed E-state index contributed by atoms with van der Waals surface area (Å²) in [6, 6.07) is 6.85. The van der Waals surface area contributed by atoms with E-state index in [9.17, 15) is 14.4 Å². The van der Waals surface area contributed by atoms with Crippen molar-refractivity contribution in [2.75, 3.05) is 11.9 Å². The average Bonchev–Trinajstić information content (AvgIpc) is 3.12. The van der Waals surface area contributed by atoms with E-state index < -0.39 is 0 Å². The van der Waals surface area contributed by atoms with Crippen molar-refractivity contribution in [2.24, 2.45) is 0 Å². The Labute approximate surface area is 141 Å². The maximum atomic E-state index is 12.2. The van der Waals surface area contributed by atoms with Gasteiger partial charge in [-0.1, -0.05) is 17.3 Å². The van der Waals surface area contributed by atoms with E-state index in [-0.39, 0.29) is 36.9 Å². The number of benzene rings is 1. The Bertz CT molecular complexity index is 949. The normalized spacial score (nSPS) is 10.6. The Hall–Kier alpha value is -3.56. The third-order valence-corrected chi connectivity index (χ3v) is 3.41. The van der Waals surface area contributed by atoms with Crippen molar-refractivity contribution >= 4 is 28.4 Å². The van der Waals surface area contributed by atoms with Crippen LogP contribution in [-0.4, -0.2) is 43.6 Å². The topological polar surface area (TPSA) is 135 Å². The predicted molar refractivity (Wildman–Crippen MR) is 88.6 cm³/mol. The highest BCUT2D eigenvalue weighted by atomic mass is 16.2. The van der Waals surface area contributed by atoms with Gasteiger partial charge in [-0.2, -0.15) is 5.10 Å². The summed E-state index contributed by atoms with van der Waals surface area (Å²) in [6.07, 6.45) is 2.97. The van der Waals surface area contributed by atoms with Crippen LogP contribution in [0.4, 0.5) is 5.69 Å². The van der Waals surface area contributed by atoms with Gasteiger partial charge in [0, 0.05) is 12.6 Å². The first kappa shape index (κ1) is 16.3. The number of hydrogen-bond donors (Lipinski definition) is 3. The molecule has 128 valence electrons. The van der Waals surface area contributed by atoms with Crippen molar-refractivity contribution in [1.82, 2.24) is 30.5 Å². The van der Waals surface area contributed by atoms with Crippen LogP contribution in [0.25, 0.3) is 10.9 Å². The van der Waals surface area contributed by atoms with Crippen LogP contribution in [0.15, 0.2) is 41.5 Å². The summed E-state index contributed by atoms with van der Waals surface area (Å²) in [5, 5.41) is 19.5. The molecule has 0 radical (unpaired) electrons. The summed E-state index contributed by atoms with van der Waals surface area (Å²) < 4.78 is 1.13. The van der Waals surface area contributed by atoms with Gasteiger partial charge in [0.25, 0.3) is 5.56 Å². The molecule has 0 aliphatic heterocycles. The van der Waals surface area contributed by atoms with Crippen LogP contribution in [0.1, 0.15) is 6.42 Å². The molecule has 10 nitrogen and oxygen atoms in total. The number of H-pyrrole nitrogens is 1. The molecule has 0 bridgehead atoms. The quantitative estimate of drug-likeness (QED) is 0.561. The molecule has 0 spiro atoms. The number of amides is 2. The second kappa shape index (κ2) is 7.34. The number of hydrogen-bond acceptors (Lipinski definition) is 6. The van der Waals surface area contributed by atoms with Gasteiger partial charge in [0.15, 0.2) is 0 Å². The van der Waals surface area contributed by atoms with Gasteiger partial charge in [0.05, 0.1) is 30.4 Å². The molecule has 0 saturated heterocycles. The largest absolute Gasteiger partial charge is 0.347 e. The third-order valence-electron chi connectivity index (χ3n) is 3.41. The zero-order valence-corrected chi connectivity index (χ0v) is 13.1. The maximum Gasteiger partial charge on any atom is 0.277 e. The minimum atomic E-state index is -0.377. The Kier molecular flexibility index (Phi) is 4.79. The second-order valence-electron chi connectivity index (χ2n) is 5.20. The standard InChI is InChI=1S/C15H15N7O3/c23-13(16-9-14(24)19-10-7-17-18-8-10)5-6-22-15(25)11-3-1-2-4-12(11)20-21-22/h1-4,7-8H,5-6,9H2,(H,16,23)(H,17,18)(H,19,24). The molecule has 2 aromatic heterocycles.